The van der Waals surface area contributed by atoms with Gasteiger partial charge in [-0.3, -0.25) is 0 Å². The molecule has 0 radical (unpaired) electrons. The van der Waals surface area contributed by atoms with E-state index in [9.17, 15) is 0 Å². The van der Waals surface area contributed by atoms with Crippen LogP contribution in [0.4, 0.5) is 11.4 Å². The van der Waals surface area contributed by atoms with Crippen LogP contribution in [0.2, 0.25) is 0 Å². The van der Waals surface area contributed by atoms with E-state index >= 15 is 0 Å². The maximum absolute atomic E-state index is 9.13. The first-order chi connectivity index (χ1) is 25.0. The van der Waals surface area contributed by atoms with Crippen LogP contribution in [0.15, 0.2) is 121 Å². The summed E-state index contributed by atoms with van der Waals surface area (Å²) in [5, 5.41) is 36.5. The number of anilines is 2. The van der Waals surface area contributed by atoms with Crippen LogP contribution >= 0.6 is 0 Å². The largest absolute Gasteiger partial charge is 0.367 e. The molecule has 0 saturated heterocycles. The van der Waals surface area contributed by atoms with E-state index in [2.05, 4.69) is 95.8 Å². The van der Waals surface area contributed by atoms with E-state index in [-0.39, 0.29) is 11.1 Å². The molecule has 6 nitrogen and oxygen atoms in total. The summed E-state index contributed by atoms with van der Waals surface area (Å²) in [4.78, 5) is 4.78. The molecule has 0 aliphatic carbocycles. The molecule has 0 heterocycles. The van der Waals surface area contributed by atoms with Crippen molar-refractivity contribution in [2.24, 2.45) is 0 Å². The van der Waals surface area contributed by atoms with Gasteiger partial charge in [0.25, 0.3) is 0 Å². The normalized spacial score (nSPS) is 9.96. The second kappa shape index (κ2) is 20.0. The van der Waals surface area contributed by atoms with Crippen LogP contribution in [-0.2, 0) is 13.1 Å². The van der Waals surface area contributed by atoms with Crippen LogP contribution in [0.3, 0.4) is 0 Å². The molecule has 0 aromatic heterocycles. The highest BCUT2D eigenvalue weighted by atomic mass is 15.1. The van der Waals surface area contributed by atoms with E-state index in [4.69, 9.17) is 21.0 Å². The average molecular weight is 667 g/mol. The van der Waals surface area contributed by atoms with Crippen LogP contribution in [0.1, 0.15) is 65.5 Å². The molecule has 0 bridgehead atoms. The highest BCUT2D eigenvalue weighted by Gasteiger charge is 2.11. The predicted molar refractivity (Wildman–Crippen MR) is 210 cm³/mol. The molecule has 0 N–H and O–H groups in total. The average Bonchev–Trinajstić information content (AvgIpc) is 3.18. The van der Waals surface area contributed by atoms with E-state index < -0.39 is 0 Å². The number of rotatable bonds is 18. The van der Waals surface area contributed by atoms with Crippen LogP contribution in [0.5, 0.6) is 0 Å². The molecular formula is C45H42N6. The van der Waals surface area contributed by atoms with Gasteiger partial charge in [-0.05, 0) is 82.6 Å². The van der Waals surface area contributed by atoms with Crippen molar-refractivity contribution in [3.05, 3.63) is 155 Å². The molecule has 0 spiro atoms. The Labute approximate surface area is 303 Å². The highest BCUT2D eigenvalue weighted by molar-refractivity contribution is 5.65. The molecule has 0 atom stereocenters. The van der Waals surface area contributed by atoms with Gasteiger partial charge in [0.05, 0.1) is 0 Å². The number of hydrogen-bond acceptors (Lipinski definition) is 6. The monoisotopic (exact) mass is 666 g/mol. The summed E-state index contributed by atoms with van der Waals surface area (Å²) in [7, 11) is 0. The molecule has 0 unspecified atom stereocenters. The third-order valence-electron chi connectivity index (χ3n) is 8.65. The minimum absolute atomic E-state index is 0.0877. The highest BCUT2D eigenvalue weighted by Crippen LogP contribution is 2.23. The summed E-state index contributed by atoms with van der Waals surface area (Å²) in [6.45, 7) is 11.1. The Hall–Kier alpha value is -6.60. The topological polar surface area (TPSA) is 102 Å². The first-order valence-electron chi connectivity index (χ1n) is 17.1. The maximum Gasteiger partial charge on any atom is 0.130 e. The lowest BCUT2D eigenvalue weighted by Gasteiger charge is -2.26. The first kappa shape index (κ1) is 37.2. The fourth-order valence-corrected chi connectivity index (χ4v) is 5.77. The maximum atomic E-state index is 9.13. The van der Waals surface area contributed by atoms with E-state index in [0.29, 0.717) is 0 Å². The van der Waals surface area contributed by atoms with Gasteiger partial charge in [-0.15, -0.1) is 0 Å². The Bertz CT molecular complexity index is 1790. The predicted octanol–water partition coefficient (Wildman–Crippen LogP) is 10.5. The Morgan fingerprint density at radius 2 is 0.765 bits per heavy atom. The molecular weight excluding hydrogens is 625 g/mol. The van der Waals surface area contributed by atoms with Crippen molar-refractivity contribution >= 4 is 35.7 Å². The molecule has 4 rings (SSSR count). The van der Waals surface area contributed by atoms with Crippen molar-refractivity contribution in [2.75, 3.05) is 22.9 Å². The molecule has 4 aromatic rings. The van der Waals surface area contributed by atoms with Gasteiger partial charge in [0, 0.05) is 37.6 Å². The Balaban J connectivity index is 1.36. The first-order valence-corrected chi connectivity index (χ1v) is 17.1. The fourth-order valence-electron chi connectivity index (χ4n) is 5.77. The van der Waals surface area contributed by atoms with Crippen LogP contribution in [0.25, 0.3) is 24.3 Å². The summed E-state index contributed by atoms with van der Waals surface area (Å²) < 4.78 is 0. The second-order valence-electron chi connectivity index (χ2n) is 12.2. The summed E-state index contributed by atoms with van der Waals surface area (Å²) >= 11 is 0. The van der Waals surface area contributed by atoms with Crippen LogP contribution in [-0.4, -0.2) is 13.1 Å². The number of nitriles is 4. The SMILES string of the molecule is C=Cc1ccc(CN(CCCCCCCN(Cc2ccc(C=C)cc2)c2ccc(C=C(C#N)C#N)cc2)c2ccc(C=C(C#N)C#N)cc2)cc1. The summed E-state index contributed by atoms with van der Waals surface area (Å²) in [5.74, 6) is 0. The van der Waals surface area contributed by atoms with Gasteiger partial charge in [0.15, 0.2) is 0 Å². The summed E-state index contributed by atoms with van der Waals surface area (Å²) in [5.41, 5.74) is 8.67. The molecule has 252 valence electrons. The molecule has 0 aliphatic rings. The standard InChI is InChI=1S/C45H42N6/c1-3-36-10-14-40(15-11-36)34-50(44-22-18-38(19-23-44)28-42(30-46)31-47)26-8-6-5-7-9-27-51(35-41-16-12-37(4-2)13-17-41)45-24-20-39(21-25-45)29-43(32-48)33-49/h3-4,10-25,28-29H,1-2,5-9,26-27,34-35H2. The van der Waals surface area contributed by atoms with Crippen molar-refractivity contribution in [3.63, 3.8) is 0 Å². The third-order valence-corrected chi connectivity index (χ3v) is 8.65. The van der Waals surface area contributed by atoms with Gasteiger partial charge in [-0.25, -0.2) is 0 Å². The van der Waals surface area contributed by atoms with Gasteiger partial charge < -0.3 is 9.80 Å². The quantitative estimate of drug-likeness (QED) is 0.0773. The molecule has 4 aromatic carbocycles. The smallest absolute Gasteiger partial charge is 0.130 e. The number of nitrogens with zero attached hydrogens (tertiary/aromatic N) is 6. The molecule has 0 fully saturated rings. The molecule has 0 aliphatic heterocycles. The minimum Gasteiger partial charge on any atom is -0.367 e. The van der Waals surface area contributed by atoms with E-state index in [0.717, 1.165) is 91.9 Å². The summed E-state index contributed by atoms with van der Waals surface area (Å²) in [6.07, 6.45) is 12.4. The fraction of sp³-hybridized carbons (Fsp3) is 0.200. The van der Waals surface area contributed by atoms with E-state index in [1.807, 2.05) is 60.7 Å². The zero-order chi connectivity index (χ0) is 36.3. The van der Waals surface area contributed by atoms with E-state index in [1.165, 1.54) is 11.1 Å². The Kier molecular flexibility index (Phi) is 14.6. The lowest BCUT2D eigenvalue weighted by Crippen LogP contribution is -2.24. The number of hydrogen-bond donors (Lipinski definition) is 0. The zero-order valence-corrected chi connectivity index (χ0v) is 29.0. The van der Waals surface area contributed by atoms with Crippen LogP contribution < -0.4 is 9.80 Å². The van der Waals surface area contributed by atoms with E-state index in [1.54, 1.807) is 12.2 Å². The Morgan fingerprint density at radius 1 is 0.451 bits per heavy atom. The lowest BCUT2D eigenvalue weighted by atomic mass is 10.1. The number of allylic oxidation sites excluding steroid dienone is 2. The summed E-state index contributed by atoms with van der Waals surface area (Å²) in [6, 6.07) is 40.7. The number of unbranched alkanes of at least 4 members (excludes halogenated alkanes) is 4. The molecule has 0 saturated carbocycles. The van der Waals surface area contributed by atoms with Crippen molar-refractivity contribution in [1.29, 1.82) is 21.0 Å². The van der Waals surface area contributed by atoms with Crippen molar-refractivity contribution in [2.45, 2.75) is 45.2 Å². The lowest BCUT2D eigenvalue weighted by molar-refractivity contribution is 0.594. The van der Waals surface area contributed by atoms with Gasteiger partial charge >= 0.3 is 0 Å². The second-order valence-corrected chi connectivity index (χ2v) is 12.2. The number of benzene rings is 4. The van der Waals surface area contributed by atoms with Crippen LogP contribution in [0, 0.1) is 45.3 Å². The van der Waals surface area contributed by atoms with Crippen molar-refractivity contribution < 1.29 is 0 Å². The molecule has 6 heteroatoms. The third kappa shape index (κ3) is 11.8. The molecule has 51 heavy (non-hydrogen) atoms. The zero-order valence-electron chi connectivity index (χ0n) is 29.0. The molecule has 0 amide bonds. The van der Waals surface area contributed by atoms with Crippen molar-refractivity contribution in [3.8, 4) is 24.3 Å². The van der Waals surface area contributed by atoms with Gasteiger partial charge in [-0.2, -0.15) is 21.0 Å². The van der Waals surface area contributed by atoms with Gasteiger partial charge in [0.2, 0.25) is 0 Å². The Morgan fingerprint density at radius 3 is 1.08 bits per heavy atom. The van der Waals surface area contributed by atoms with Gasteiger partial charge in [0.1, 0.15) is 35.4 Å². The van der Waals surface area contributed by atoms with Crippen molar-refractivity contribution in [1.82, 2.24) is 0 Å². The van der Waals surface area contributed by atoms with Gasteiger partial charge in [-0.1, -0.05) is 117 Å². The minimum atomic E-state index is 0.0877.